The predicted octanol–water partition coefficient (Wildman–Crippen LogP) is 4.32. The number of hydrogen-bond acceptors (Lipinski definition) is 2. The molecule has 2 aromatic rings. The van der Waals surface area contributed by atoms with Crippen molar-refractivity contribution in [1.82, 2.24) is 0 Å². The zero-order valence-corrected chi connectivity index (χ0v) is 12.4. The summed E-state index contributed by atoms with van der Waals surface area (Å²) < 4.78 is 1.09. The van der Waals surface area contributed by atoms with Crippen LogP contribution >= 0.6 is 27.5 Å². The van der Waals surface area contributed by atoms with Crippen molar-refractivity contribution in [3.63, 3.8) is 0 Å². The van der Waals surface area contributed by atoms with Gasteiger partial charge < -0.3 is 10.6 Å². The highest BCUT2D eigenvalue weighted by Gasteiger charge is 2.08. The fourth-order valence-corrected chi connectivity index (χ4v) is 2.39. The normalized spacial score (nSPS) is 10.4. The van der Waals surface area contributed by atoms with Crippen LogP contribution in [-0.4, -0.2) is 7.05 Å². The van der Waals surface area contributed by atoms with Gasteiger partial charge in [-0.25, -0.2) is 0 Å². The van der Waals surface area contributed by atoms with Crippen LogP contribution in [-0.2, 0) is 6.54 Å². The first-order valence-electron chi connectivity index (χ1n) is 5.57. The van der Waals surface area contributed by atoms with Crippen molar-refractivity contribution in [2.75, 3.05) is 17.7 Å². The maximum Gasteiger partial charge on any atom is 0.0615 e. The van der Waals surface area contributed by atoms with Gasteiger partial charge in [-0.1, -0.05) is 45.7 Å². The third kappa shape index (κ3) is 2.98. The van der Waals surface area contributed by atoms with Crippen molar-refractivity contribution < 1.29 is 0 Å². The molecule has 0 saturated heterocycles. The van der Waals surface area contributed by atoms with Gasteiger partial charge in [0.1, 0.15) is 0 Å². The molecule has 0 amide bonds. The molecule has 2 N–H and O–H groups in total. The van der Waals surface area contributed by atoms with Gasteiger partial charge >= 0.3 is 0 Å². The molecule has 2 aromatic carbocycles. The van der Waals surface area contributed by atoms with Gasteiger partial charge in [0, 0.05) is 23.1 Å². The third-order valence-electron chi connectivity index (χ3n) is 2.77. The number of anilines is 2. The Hall–Kier alpha value is -1.19. The molecule has 94 valence electrons. The molecule has 0 aromatic heterocycles. The van der Waals surface area contributed by atoms with E-state index in [1.54, 1.807) is 6.07 Å². The number of rotatable bonds is 3. The summed E-state index contributed by atoms with van der Waals surface area (Å²) in [5.41, 5.74) is 8.85. The van der Waals surface area contributed by atoms with E-state index >= 15 is 0 Å². The Morgan fingerprint density at radius 2 is 1.94 bits per heavy atom. The molecule has 0 aliphatic heterocycles. The van der Waals surface area contributed by atoms with Crippen LogP contribution in [0, 0.1) is 0 Å². The maximum atomic E-state index is 6.00. The summed E-state index contributed by atoms with van der Waals surface area (Å²) in [4.78, 5) is 2.08. The molecule has 0 radical (unpaired) electrons. The first-order valence-corrected chi connectivity index (χ1v) is 6.74. The molecule has 2 nitrogen and oxygen atoms in total. The van der Waals surface area contributed by atoms with Crippen molar-refractivity contribution in [3.8, 4) is 0 Å². The van der Waals surface area contributed by atoms with E-state index in [4.69, 9.17) is 17.3 Å². The molecule has 0 aliphatic rings. The minimum Gasteiger partial charge on any atom is -0.397 e. The van der Waals surface area contributed by atoms with E-state index in [-0.39, 0.29) is 0 Å². The average Bonchev–Trinajstić information content (AvgIpc) is 2.35. The minimum atomic E-state index is 0.693. The van der Waals surface area contributed by atoms with Crippen LogP contribution in [0.2, 0.25) is 5.02 Å². The van der Waals surface area contributed by atoms with Gasteiger partial charge in [0.2, 0.25) is 0 Å². The van der Waals surface area contributed by atoms with Gasteiger partial charge in [-0.15, -0.1) is 0 Å². The lowest BCUT2D eigenvalue weighted by Crippen LogP contribution is -2.18. The Morgan fingerprint density at radius 3 is 2.67 bits per heavy atom. The molecule has 4 heteroatoms. The smallest absolute Gasteiger partial charge is 0.0615 e. The summed E-state index contributed by atoms with van der Waals surface area (Å²) in [5.74, 6) is 0. The highest BCUT2D eigenvalue weighted by atomic mass is 79.9. The van der Waals surface area contributed by atoms with E-state index < -0.39 is 0 Å². The summed E-state index contributed by atoms with van der Waals surface area (Å²) in [6.45, 7) is 0.770. The zero-order valence-electron chi connectivity index (χ0n) is 10.0. The largest absolute Gasteiger partial charge is 0.397 e. The van der Waals surface area contributed by atoms with Gasteiger partial charge in [0.15, 0.2) is 0 Å². The van der Waals surface area contributed by atoms with Gasteiger partial charge in [-0.3, -0.25) is 0 Å². The molecule has 0 saturated carbocycles. The number of benzene rings is 2. The second-order valence-corrected chi connectivity index (χ2v) is 5.44. The predicted molar refractivity (Wildman–Crippen MR) is 82.1 cm³/mol. The standard InChI is InChI=1S/C14H14BrClN2/c1-18(9-10-4-2-3-5-12(10)15)14-8-11(16)6-7-13(14)17/h2-8H,9,17H2,1H3. The fourth-order valence-electron chi connectivity index (χ4n) is 1.81. The van der Waals surface area contributed by atoms with E-state index in [0.29, 0.717) is 5.02 Å². The Bertz CT molecular complexity index is 557. The Balaban J connectivity index is 2.25. The van der Waals surface area contributed by atoms with Gasteiger partial charge in [-0.05, 0) is 29.8 Å². The first-order chi connectivity index (χ1) is 8.58. The summed E-state index contributed by atoms with van der Waals surface area (Å²) in [7, 11) is 2.00. The molecule has 0 atom stereocenters. The lowest BCUT2D eigenvalue weighted by Gasteiger charge is -2.22. The first kappa shape index (κ1) is 13.2. The van der Waals surface area contributed by atoms with Gasteiger partial charge in [0.25, 0.3) is 0 Å². The van der Waals surface area contributed by atoms with Crippen LogP contribution in [0.3, 0.4) is 0 Å². The van der Waals surface area contributed by atoms with E-state index in [9.17, 15) is 0 Å². The SMILES string of the molecule is CN(Cc1ccccc1Br)c1cc(Cl)ccc1N. The molecule has 0 fully saturated rings. The third-order valence-corrected chi connectivity index (χ3v) is 3.78. The molecular formula is C14H14BrClN2. The summed E-state index contributed by atoms with van der Waals surface area (Å²) >= 11 is 9.55. The fraction of sp³-hybridized carbons (Fsp3) is 0.143. The monoisotopic (exact) mass is 324 g/mol. The Labute approximate surface area is 120 Å². The van der Waals surface area contributed by atoms with Crippen molar-refractivity contribution in [3.05, 3.63) is 57.5 Å². The van der Waals surface area contributed by atoms with E-state index in [1.165, 1.54) is 5.56 Å². The molecule has 0 aliphatic carbocycles. The van der Waals surface area contributed by atoms with Crippen molar-refractivity contribution in [2.45, 2.75) is 6.54 Å². The molecule has 18 heavy (non-hydrogen) atoms. The van der Waals surface area contributed by atoms with Crippen LogP contribution < -0.4 is 10.6 Å². The second kappa shape index (κ2) is 5.63. The molecule has 0 bridgehead atoms. The number of hydrogen-bond donors (Lipinski definition) is 1. The van der Waals surface area contributed by atoms with Crippen molar-refractivity contribution in [2.24, 2.45) is 0 Å². The van der Waals surface area contributed by atoms with Crippen LogP contribution in [0.15, 0.2) is 46.9 Å². The van der Waals surface area contributed by atoms with Crippen LogP contribution in [0.1, 0.15) is 5.56 Å². The van der Waals surface area contributed by atoms with Crippen molar-refractivity contribution in [1.29, 1.82) is 0 Å². The highest BCUT2D eigenvalue weighted by Crippen LogP contribution is 2.28. The summed E-state index contributed by atoms with van der Waals surface area (Å²) in [6, 6.07) is 13.6. The quantitative estimate of drug-likeness (QED) is 0.852. The van der Waals surface area contributed by atoms with E-state index in [0.717, 1.165) is 22.4 Å². The van der Waals surface area contributed by atoms with Gasteiger partial charge in [-0.2, -0.15) is 0 Å². The van der Waals surface area contributed by atoms with Gasteiger partial charge in [0.05, 0.1) is 11.4 Å². The Morgan fingerprint density at radius 1 is 1.22 bits per heavy atom. The lowest BCUT2D eigenvalue weighted by molar-refractivity contribution is 0.920. The Kier molecular flexibility index (Phi) is 4.15. The maximum absolute atomic E-state index is 6.00. The summed E-state index contributed by atoms with van der Waals surface area (Å²) in [6.07, 6.45) is 0. The molecule has 0 spiro atoms. The summed E-state index contributed by atoms with van der Waals surface area (Å²) in [5, 5.41) is 0.693. The molecule has 0 unspecified atom stereocenters. The second-order valence-electron chi connectivity index (χ2n) is 4.15. The average molecular weight is 326 g/mol. The number of nitrogens with two attached hydrogens (primary N) is 1. The molecular weight excluding hydrogens is 312 g/mol. The lowest BCUT2D eigenvalue weighted by atomic mass is 10.2. The molecule has 2 rings (SSSR count). The number of nitrogens with zero attached hydrogens (tertiary/aromatic N) is 1. The van der Waals surface area contributed by atoms with Crippen LogP contribution in [0.25, 0.3) is 0 Å². The topological polar surface area (TPSA) is 29.3 Å². The van der Waals surface area contributed by atoms with Crippen LogP contribution in [0.5, 0.6) is 0 Å². The van der Waals surface area contributed by atoms with E-state index in [2.05, 4.69) is 26.9 Å². The van der Waals surface area contributed by atoms with E-state index in [1.807, 2.05) is 37.4 Å². The number of nitrogen functional groups attached to an aromatic ring is 1. The van der Waals surface area contributed by atoms with Crippen LogP contribution in [0.4, 0.5) is 11.4 Å². The van der Waals surface area contributed by atoms with Crippen molar-refractivity contribution >= 4 is 38.9 Å². The minimum absolute atomic E-state index is 0.693. The highest BCUT2D eigenvalue weighted by molar-refractivity contribution is 9.10. The number of halogens is 2. The molecule has 0 heterocycles. The zero-order chi connectivity index (χ0) is 13.1.